The summed E-state index contributed by atoms with van der Waals surface area (Å²) in [4.78, 5) is 12.2. The summed E-state index contributed by atoms with van der Waals surface area (Å²) < 4.78 is 11.1. The molecule has 0 aliphatic heterocycles. The lowest BCUT2D eigenvalue weighted by Gasteiger charge is -2.15. The predicted octanol–water partition coefficient (Wildman–Crippen LogP) is 12.5. The molecule has 0 rings (SSSR count). The third kappa shape index (κ3) is 36.9. The van der Waals surface area contributed by atoms with Crippen molar-refractivity contribution in [2.45, 2.75) is 200 Å². The summed E-state index contributed by atoms with van der Waals surface area (Å²) in [6.45, 7) is 5.20. The van der Waals surface area contributed by atoms with Gasteiger partial charge in [-0.15, -0.1) is 0 Å². The number of aliphatic hydroxyl groups is 1. The molecule has 0 radical (unpaired) electrons. The summed E-state index contributed by atoms with van der Waals surface area (Å²) in [5, 5.41) is 9.56. The lowest BCUT2D eigenvalue weighted by Crippen LogP contribution is -2.27. The van der Waals surface area contributed by atoms with E-state index in [1.54, 1.807) is 0 Å². The van der Waals surface area contributed by atoms with Crippen LogP contribution in [0.4, 0.5) is 0 Å². The van der Waals surface area contributed by atoms with Crippen LogP contribution in [0.15, 0.2) is 36.5 Å². The highest BCUT2D eigenvalue weighted by atomic mass is 16.6. The van der Waals surface area contributed by atoms with Crippen LogP contribution < -0.4 is 0 Å². The van der Waals surface area contributed by atoms with Crippen LogP contribution in [0.5, 0.6) is 0 Å². The van der Waals surface area contributed by atoms with Gasteiger partial charge in [-0.1, -0.05) is 179 Å². The molecule has 1 atom stereocenters. The fourth-order valence-electron chi connectivity index (χ4n) is 5.58. The van der Waals surface area contributed by atoms with Crippen molar-refractivity contribution >= 4 is 5.97 Å². The molecule has 4 heteroatoms. The highest BCUT2D eigenvalue weighted by molar-refractivity contribution is 5.69. The molecular formula is C41H76O4. The number of allylic oxidation sites excluding steroid dienone is 6. The number of carbonyl (C=O) groups excluding carboxylic acids is 1. The van der Waals surface area contributed by atoms with E-state index >= 15 is 0 Å². The quantitative estimate of drug-likeness (QED) is 0.0424. The van der Waals surface area contributed by atoms with Gasteiger partial charge in [0, 0.05) is 13.0 Å². The first-order valence-electron chi connectivity index (χ1n) is 19.6. The fourth-order valence-corrected chi connectivity index (χ4v) is 5.58. The van der Waals surface area contributed by atoms with Gasteiger partial charge in [0.1, 0.15) is 6.10 Å². The molecule has 0 aliphatic carbocycles. The number of unbranched alkanes of at least 4 members (excludes halogenated alkanes) is 22. The van der Waals surface area contributed by atoms with Crippen molar-refractivity contribution in [3.63, 3.8) is 0 Å². The van der Waals surface area contributed by atoms with Crippen LogP contribution in [-0.2, 0) is 14.3 Å². The molecule has 1 unspecified atom stereocenters. The van der Waals surface area contributed by atoms with E-state index in [-0.39, 0.29) is 19.2 Å². The van der Waals surface area contributed by atoms with Crippen LogP contribution in [0.2, 0.25) is 0 Å². The molecule has 0 bridgehead atoms. The molecule has 0 aromatic heterocycles. The summed E-state index contributed by atoms with van der Waals surface area (Å²) in [5.41, 5.74) is 0. The maximum atomic E-state index is 12.2. The van der Waals surface area contributed by atoms with Gasteiger partial charge in [0.15, 0.2) is 0 Å². The Morgan fingerprint density at radius 3 is 1.51 bits per heavy atom. The second-order valence-electron chi connectivity index (χ2n) is 13.0. The zero-order chi connectivity index (χ0) is 32.7. The normalized spacial score (nSPS) is 12.7. The van der Waals surface area contributed by atoms with Gasteiger partial charge in [0.2, 0.25) is 0 Å². The Kier molecular flexibility index (Phi) is 37.6. The zero-order valence-electron chi connectivity index (χ0n) is 30.1. The molecule has 0 aliphatic rings. The SMILES string of the molecule is CC/C=C\C/C=C\C/C=C\CCCCCCOCC(CO)OC(=O)CCCCCCCCCCCCCCCCCCCCC. The van der Waals surface area contributed by atoms with Crippen molar-refractivity contribution < 1.29 is 19.4 Å². The minimum atomic E-state index is -0.542. The Morgan fingerprint density at radius 1 is 0.556 bits per heavy atom. The molecule has 1 N–H and O–H groups in total. The van der Waals surface area contributed by atoms with Crippen LogP contribution in [-0.4, -0.2) is 37.0 Å². The van der Waals surface area contributed by atoms with E-state index in [1.165, 1.54) is 122 Å². The Hall–Kier alpha value is -1.39. The lowest BCUT2D eigenvalue weighted by atomic mass is 10.0. The molecular weight excluding hydrogens is 556 g/mol. The molecule has 0 saturated heterocycles. The Morgan fingerprint density at radius 2 is 1.00 bits per heavy atom. The average molecular weight is 633 g/mol. The lowest BCUT2D eigenvalue weighted by molar-refractivity contribution is -0.154. The van der Waals surface area contributed by atoms with Crippen molar-refractivity contribution in [2.24, 2.45) is 0 Å². The van der Waals surface area contributed by atoms with E-state index in [1.807, 2.05) is 0 Å². The standard InChI is InChI=1S/C41H76O4/c1-3-5-7-9-11-13-15-17-19-20-21-22-23-24-26-28-30-32-34-36-41(43)45-40(38-42)39-44-37-35-33-31-29-27-25-18-16-14-12-10-8-6-4-2/h6,8,12,14,18,25,40,42H,3-5,7,9-11,13,15-17,19-24,26-39H2,1-2H3/b8-6-,14-12-,25-18-. The van der Waals surface area contributed by atoms with Crippen LogP contribution in [0.3, 0.4) is 0 Å². The van der Waals surface area contributed by atoms with Gasteiger partial charge in [-0.05, 0) is 44.9 Å². The molecule has 45 heavy (non-hydrogen) atoms. The predicted molar refractivity (Wildman–Crippen MR) is 196 cm³/mol. The monoisotopic (exact) mass is 633 g/mol. The topological polar surface area (TPSA) is 55.8 Å². The third-order valence-electron chi connectivity index (χ3n) is 8.48. The molecule has 0 spiro atoms. The highest BCUT2D eigenvalue weighted by Gasteiger charge is 2.13. The van der Waals surface area contributed by atoms with Gasteiger partial charge in [-0.2, -0.15) is 0 Å². The number of rotatable bonds is 36. The minimum Gasteiger partial charge on any atom is -0.457 e. The van der Waals surface area contributed by atoms with E-state index in [2.05, 4.69) is 50.3 Å². The van der Waals surface area contributed by atoms with E-state index in [0.29, 0.717) is 13.0 Å². The maximum Gasteiger partial charge on any atom is 0.306 e. The number of esters is 1. The van der Waals surface area contributed by atoms with E-state index in [0.717, 1.165) is 51.4 Å². The molecule has 0 fully saturated rings. The van der Waals surface area contributed by atoms with E-state index < -0.39 is 6.10 Å². The van der Waals surface area contributed by atoms with Gasteiger partial charge < -0.3 is 14.6 Å². The largest absolute Gasteiger partial charge is 0.457 e. The van der Waals surface area contributed by atoms with Crippen molar-refractivity contribution in [3.05, 3.63) is 36.5 Å². The number of aliphatic hydroxyl groups excluding tert-OH is 1. The summed E-state index contributed by atoms with van der Waals surface area (Å²) >= 11 is 0. The number of hydrogen-bond donors (Lipinski definition) is 1. The average Bonchev–Trinajstić information content (AvgIpc) is 3.05. The van der Waals surface area contributed by atoms with Gasteiger partial charge in [0.25, 0.3) is 0 Å². The number of ether oxygens (including phenoxy) is 2. The van der Waals surface area contributed by atoms with E-state index in [4.69, 9.17) is 9.47 Å². The zero-order valence-corrected chi connectivity index (χ0v) is 30.1. The molecule has 4 nitrogen and oxygen atoms in total. The van der Waals surface area contributed by atoms with Gasteiger partial charge in [0.05, 0.1) is 13.2 Å². The summed E-state index contributed by atoms with van der Waals surface area (Å²) in [6, 6.07) is 0. The van der Waals surface area contributed by atoms with Crippen LogP contribution >= 0.6 is 0 Å². The molecule has 0 heterocycles. The second kappa shape index (κ2) is 38.8. The van der Waals surface area contributed by atoms with Crippen molar-refractivity contribution in [2.75, 3.05) is 19.8 Å². The van der Waals surface area contributed by atoms with Crippen LogP contribution in [0.25, 0.3) is 0 Å². The second-order valence-corrected chi connectivity index (χ2v) is 13.0. The molecule has 0 aromatic carbocycles. The number of carbonyl (C=O) groups is 1. The minimum absolute atomic E-state index is 0.179. The maximum absolute atomic E-state index is 12.2. The van der Waals surface area contributed by atoms with Crippen molar-refractivity contribution in [1.82, 2.24) is 0 Å². The number of hydrogen-bond acceptors (Lipinski definition) is 4. The highest BCUT2D eigenvalue weighted by Crippen LogP contribution is 2.15. The van der Waals surface area contributed by atoms with Gasteiger partial charge >= 0.3 is 5.97 Å². The first-order valence-corrected chi connectivity index (χ1v) is 19.6. The molecule has 264 valence electrons. The molecule has 0 saturated carbocycles. The third-order valence-corrected chi connectivity index (χ3v) is 8.48. The van der Waals surface area contributed by atoms with Gasteiger partial charge in [-0.3, -0.25) is 4.79 Å². The first kappa shape index (κ1) is 43.6. The summed E-state index contributed by atoms with van der Waals surface area (Å²) in [7, 11) is 0. The first-order chi connectivity index (χ1) is 22.2. The Balaban J connectivity index is 3.43. The van der Waals surface area contributed by atoms with Crippen LogP contribution in [0, 0.1) is 0 Å². The van der Waals surface area contributed by atoms with E-state index in [9.17, 15) is 9.90 Å². The Labute approximate surface area is 280 Å². The fraction of sp³-hybridized carbons (Fsp3) is 0.829. The van der Waals surface area contributed by atoms with Crippen molar-refractivity contribution in [1.29, 1.82) is 0 Å². The summed E-state index contributed by atoms with van der Waals surface area (Å²) in [5.74, 6) is -0.207. The Bertz CT molecular complexity index is 668. The summed E-state index contributed by atoms with van der Waals surface area (Å²) in [6.07, 6.45) is 47.7. The molecule has 0 amide bonds. The van der Waals surface area contributed by atoms with Crippen molar-refractivity contribution in [3.8, 4) is 0 Å². The van der Waals surface area contributed by atoms with Crippen LogP contribution in [0.1, 0.15) is 194 Å². The molecule has 0 aromatic rings. The smallest absolute Gasteiger partial charge is 0.306 e. The van der Waals surface area contributed by atoms with Gasteiger partial charge in [-0.25, -0.2) is 0 Å².